The number of hydrogen-bond acceptors (Lipinski definition) is 4. The number of anilines is 3. The molecule has 0 amide bonds. The van der Waals surface area contributed by atoms with Gasteiger partial charge >= 0.3 is 0 Å². The largest absolute Gasteiger partial charge is 0.424 e. The number of aromatic nitrogens is 2. The van der Waals surface area contributed by atoms with Crippen LogP contribution in [0.15, 0.2) is 120 Å². The normalized spacial score (nSPS) is 11.6. The van der Waals surface area contributed by atoms with Crippen molar-refractivity contribution < 1.29 is 4.42 Å². The maximum atomic E-state index is 5.04. The zero-order valence-electron chi connectivity index (χ0n) is 16.4. The van der Waals surface area contributed by atoms with E-state index in [1.54, 1.807) is 6.08 Å². The summed E-state index contributed by atoms with van der Waals surface area (Å²) in [7, 11) is 0. The van der Waals surface area contributed by atoms with E-state index in [4.69, 9.17) is 4.42 Å². The van der Waals surface area contributed by atoms with Crippen LogP contribution >= 0.6 is 0 Å². The van der Waals surface area contributed by atoms with E-state index in [0.29, 0.717) is 5.89 Å². The third-order valence-electron chi connectivity index (χ3n) is 4.42. The van der Waals surface area contributed by atoms with E-state index in [2.05, 4.69) is 94.0 Å². The Morgan fingerprint density at radius 3 is 1.73 bits per heavy atom. The highest BCUT2D eigenvalue weighted by molar-refractivity contribution is 5.76. The molecule has 4 heteroatoms. The molecule has 3 aromatic carbocycles. The molecule has 4 aromatic rings. The molecule has 0 fully saturated rings. The lowest BCUT2D eigenvalue weighted by molar-refractivity contribution is 0.542. The van der Waals surface area contributed by atoms with Gasteiger partial charge in [0, 0.05) is 23.1 Å². The molecule has 0 spiro atoms. The van der Waals surface area contributed by atoms with Crippen molar-refractivity contribution in [2.75, 3.05) is 4.90 Å². The van der Waals surface area contributed by atoms with E-state index in [1.165, 1.54) is 6.39 Å². The summed E-state index contributed by atoms with van der Waals surface area (Å²) in [6.07, 6.45) is 12.9. The van der Waals surface area contributed by atoms with Crippen molar-refractivity contribution in [3.63, 3.8) is 0 Å². The van der Waals surface area contributed by atoms with Gasteiger partial charge in [0.2, 0.25) is 12.3 Å². The molecule has 0 aliphatic heterocycles. The van der Waals surface area contributed by atoms with Crippen LogP contribution in [0.2, 0.25) is 0 Å². The molecule has 146 valence electrons. The van der Waals surface area contributed by atoms with Crippen LogP contribution in [0.5, 0.6) is 0 Å². The summed E-state index contributed by atoms with van der Waals surface area (Å²) in [4.78, 5) is 2.25. The average molecular weight is 391 g/mol. The summed E-state index contributed by atoms with van der Waals surface area (Å²) in [5, 5.41) is 7.41. The second-order valence-electron chi connectivity index (χ2n) is 6.48. The zero-order chi connectivity index (χ0) is 20.4. The highest BCUT2D eigenvalue weighted by atomic mass is 16.4. The minimum Gasteiger partial charge on any atom is -0.424 e. The fourth-order valence-corrected chi connectivity index (χ4v) is 3.02. The molecule has 30 heavy (non-hydrogen) atoms. The average Bonchev–Trinajstić information content (AvgIpc) is 3.32. The van der Waals surface area contributed by atoms with Crippen LogP contribution in [0.25, 0.3) is 12.2 Å². The van der Waals surface area contributed by atoms with Gasteiger partial charge in [0.15, 0.2) is 0 Å². The van der Waals surface area contributed by atoms with Gasteiger partial charge in [-0.15, -0.1) is 10.2 Å². The summed E-state index contributed by atoms with van der Waals surface area (Å²) in [5.41, 5.74) is 4.50. The fourth-order valence-electron chi connectivity index (χ4n) is 3.02. The first-order chi connectivity index (χ1) is 14.9. The second-order valence-corrected chi connectivity index (χ2v) is 6.48. The Morgan fingerprint density at radius 2 is 1.17 bits per heavy atom. The van der Waals surface area contributed by atoms with Crippen LogP contribution in [0.4, 0.5) is 17.1 Å². The fraction of sp³-hybridized carbons (Fsp3) is 0. The lowest BCUT2D eigenvalue weighted by Crippen LogP contribution is -2.09. The van der Waals surface area contributed by atoms with Crippen LogP contribution in [0, 0.1) is 0 Å². The first-order valence-corrected chi connectivity index (χ1v) is 9.68. The maximum Gasteiger partial charge on any atom is 0.240 e. The van der Waals surface area contributed by atoms with Crippen molar-refractivity contribution >= 4 is 29.2 Å². The molecule has 0 N–H and O–H groups in total. The Balaban J connectivity index is 1.48. The Kier molecular flexibility index (Phi) is 6.28. The highest BCUT2D eigenvalue weighted by Gasteiger charge is 2.11. The zero-order valence-corrected chi connectivity index (χ0v) is 16.4. The van der Waals surface area contributed by atoms with Gasteiger partial charge in [-0.3, -0.25) is 0 Å². The molecule has 0 atom stereocenters. The summed E-state index contributed by atoms with van der Waals surface area (Å²) in [5.74, 6) is 0.487. The Bertz CT molecular complexity index is 1070. The smallest absolute Gasteiger partial charge is 0.240 e. The Hall–Kier alpha value is -4.18. The molecular formula is C26H21N3O. The molecule has 1 aromatic heterocycles. The van der Waals surface area contributed by atoms with Gasteiger partial charge in [-0.1, -0.05) is 78.9 Å². The molecule has 1 heterocycles. The Morgan fingerprint density at radius 1 is 0.600 bits per heavy atom. The van der Waals surface area contributed by atoms with Crippen molar-refractivity contribution in [2.45, 2.75) is 0 Å². The number of allylic oxidation sites excluding steroid dienone is 4. The van der Waals surface area contributed by atoms with Crippen LogP contribution in [0.3, 0.4) is 0 Å². The van der Waals surface area contributed by atoms with Gasteiger partial charge in [-0.2, -0.15) is 0 Å². The summed E-state index contributed by atoms with van der Waals surface area (Å²) < 4.78 is 5.04. The molecule has 0 bridgehead atoms. The first-order valence-electron chi connectivity index (χ1n) is 9.68. The first kappa shape index (κ1) is 19.2. The van der Waals surface area contributed by atoms with Crippen LogP contribution < -0.4 is 4.90 Å². The van der Waals surface area contributed by atoms with E-state index in [1.807, 2.05) is 36.4 Å². The molecular weight excluding hydrogens is 370 g/mol. The van der Waals surface area contributed by atoms with E-state index < -0.39 is 0 Å². The SMILES string of the molecule is C(=C\C=C\c1nnco1)/C=C/c1ccc(N(c2ccccc2)c2ccccc2)cc1. The quantitative estimate of drug-likeness (QED) is 0.324. The van der Waals surface area contributed by atoms with E-state index in [9.17, 15) is 0 Å². The highest BCUT2D eigenvalue weighted by Crippen LogP contribution is 2.34. The van der Waals surface area contributed by atoms with Crippen LogP contribution in [0.1, 0.15) is 11.5 Å². The second kappa shape index (κ2) is 9.85. The standard InChI is InChI=1S/C26H21N3O/c1(2-10-16-26-28-27-21-30-26)5-11-22-17-19-25(20-18-22)29(23-12-6-3-7-13-23)24-14-8-4-9-15-24/h1-21H/b2-1+,11-5+,16-10+. The minimum atomic E-state index is 0.487. The van der Waals surface area contributed by atoms with Crippen molar-refractivity contribution in [1.29, 1.82) is 0 Å². The number of rotatable bonds is 7. The molecule has 4 nitrogen and oxygen atoms in total. The number of para-hydroxylation sites is 2. The van der Waals surface area contributed by atoms with Crippen molar-refractivity contribution in [1.82, 2.24) is 10.2 Å². The van der Waals surface area contributed by atoms with Gasteiger partial charge in [-0.25, -0.2) is 0 Å². The molecule has 0 saturated heterocycles. The molecule has 4 rings (SSSR count). The predicted molar refractivity (Wildman–Crippen MR) is 123 cm³/mol. The molecule has 0 unspecified atom stereocenters. The lowest BCUT2D eigenvalue weighted by Gasteiger charge is -2.25. The number of hydrogen-bond donors (Lipinski definition) is 0. The van der Waals surface area contributed by atoms with Crippen molar-refractivity contribution in [3.8, 4) is 0 Å². The third-order valence-corrected chi connectivity index (χ3v) is 4.42. The van der Waals surface area contributed by atoms with Gasteiger partial charge in [0.05, 0.1) is 0 Å². The predicted octanol–water partition coefficient (Wildman–Crippen LogP) is 6.82. The minimum absolute atomic E-state index is 0.487. The van der Waals surface area contributed by atoms with E-state index in [-0.39, 0.29) is 0 Å². The third kappa shape index (κ3) is 5.00. The summed E-state index contributed by atoms with van der Waals surface area (Å²) in [6, 6.07) is 29.3. The van der Waals surface area contributed by atoms with E-state index >= 15 is 0 Å². The lowest BCUT2D eigenvalue weighted by atomic mass is 10.1. The van der Waals surface area contributed by atoms with Gasteiger partial charge in [-0.05, 0) is 42.0 Å². The van der Waals surface area contributed by atoms with Crippen LogP contribution in [-0.4, -0.2) is 10.2 Å². The number of nitrogens with zero attached hydrogens (tertiary/aromatic N) is 3. The summed E-state index contributed by atoms with van der Waals surface area (Å²) >= 11 is 0. The molecule has 0 aliphatic carbocycles. The number of benzene rings is 3. The van der Waals surface area contributed by atoms with E-state index in [0.717, 1.165) is 22.6 Å². The summed E-state index contributed by atoms with van der Waals surface area (Å²) in [6.45, 7) is 0. The Labute approximate surface area is 176 Å². The van der Waals surface area contributed by atoms with Gasteiger partial charge in [0.25, 0.3) is 0 Å². The molecule has 0 radical (unpaired) electrons. The molecule has 0 saturated carbocycles. The van der Waals surface area contributed by atoms with Crippen LogP contribution in [-0.2, 0) is 0 Å². The maximum absolute atomic E-state index is 5.04. The molecule has 0 aliphatic rings. The monoisotopic (exact) mass is 391 g/mol. The van der Waals surface area contributed by atoms with Gasteiger partial charge in [0.1, 0.15) is 0 Å². The topological polar surface area (TPSA) is 42.2 Å². The van der Waals surface area contributed by atoms with Gasteiger partial charge < -0.3 is 9.32 Å². The van der Waals surface area contributed by atoms with Crippen molar-refractivity contribution in [2.24, 2.45) is 0 Å². The van der Waals surface area contributed by atoms with Crippen molar-refractivity contribution in [3.05, 3.63) is 127 Å².